The Morgan fingerprint density at radius 2 is 2.42 bits per heavy atom. The second-order valence-electron chi connectivity index (χ2n) is 3.83. The van der Waals surface area contributed by atoms with Gasteiger partial charge in [-0.2, -0.15) is 10.2 Å². The summed E-state index contributed by atoms with van der Waals surface area (Å²) in [5.74, 6) is 0.0654. The second-order valence-corrected chi connectivity index (χ2v) is 3.83. The van der Waals surface area contributed by atoms with Gasteiger partial charge in [-0.05, 0) is 6.42 Å². The molecule has 0 atom stereocenters. The van der Waals surface area contributed by atoms with Crippen molar-refractivity contribution in [3.05, 3.63) is 34.3 Å². The fraction of sp³-hybridized carbons (Fsp3) is 0.300. The lowest BCUT2D eigenvalue weighted by atomic mass is 10.3. The third kappa shape index (κ3) is 3.15. The summed E-state index contributed by atoms with van der Waals surface area (Å²) in [6, 6.07) is 1.73. The van der Waals surface area contributed by atoms with Crippen LogP contribution in [0.1, 0.15) is 12.6 Å². The molecule has 2 N–H and O–H groups in total. The molecule has 0 radical (unpaired) electrons. The summed E-state index contributed by atoms with van der Waals surface area (Å²) in [5.41, 5.74) is 0.755. The zero-order valence-electron chi connectivity index (χ0n) is 10.2. The second kappa shape index (κ2) is 5.29. The maximum absolute atomic E-state index is 11.7. The van der Waals surface area contributed by atoms with Crippen molar-refractivity contribution in [3.8, 4) is 0 Å². The molecule has 0 fully saturated rings. The molecule has 19 heavy (non-hydrogen) atoms. The van der Waals surface area contributed by atoms with E-state index in [0.717, 1.165) is 18.3 Å². The number of rotatable bonds is 5. The first-order valence-electron chi connectivity index (χ1n) is 5.59. The Morgan fingerprint density at radius 3 is 3.00 bits per heavy atom. The zero-order chi connectivity index (χ0) is 13.8. The summed E-state index contributed by atoms with van der Waals surface area (Å²) in [6.45, 7) is 1.85. The number of carbonyl (C=O) groups is 1. The molecule has 0 aliphatic rings. The highest BCUT2D eigenvalue weighted by Gasteiger charge is 2.12. The van der Waals surface area contributed by atoms with Crippen LogP contribution >= 0.6 is 0 Å². The number of aromatic amines is 1. The van der Waals surface area contributed by atoms with Gasteiger partial charge in [0.2, 0.25) is 5.91 Å². The van der Waals surface area contributed by atoms with Crippen LogP contribution in [-0.2, 0) is 17.8 Å². The normalized spacial score (nSPS) is 10.4. The number of H-pyrrole nitrogens is 1. The maximum atomic E-state index is 11.7. The van der Waals surface area contributed by atoms with Gasteiger partial charge in [0.15, 0.2) is 5.82 Å². The monoisotopic (exact) mass is 264 g/mol. The topological polar surface area (TPSA) is 119 Å². The molecule has 2 rings (SSSR count). The third-order valence-corrected chi connectivity index (χ3v) is 2.42. The third-order valence-electron chi connectivity index (χ3n) is 2.42. The van der Waals surface area contributed by atoms with Gasteiger partial charge < -0.3 is 5.32 Å². The van der Waals surface area contributed by atoms with Crippen LogP contribution in [0.25, 0.3) is 0 Å². The lowest BCUT2D eigenvalue weighted by Gasteiger charge is -2.00. The van der Waals surface area contributed by atoms with Gasteiger partial charge in [0, 0.05) is 11.8 Å². The van der Waals surface area contributed by atoms with Crippen molar-refractivity contribution in [1.82, 2.24) is 20.0 Å². The van der Waals surface area contributed by atoms with Crippen LogP contribution in [0, 0.1) is 10.1 Å². The molecule has 9 nitrogen and oxygen atoms in total. The van der Waals surface area contributed by atoms with Crippen LogP contribution in [0.15, 0.2) is 18.5 Å². The fourth-order valence-corrected chi connectivity index (χ4v) is 1.47. The molecule has 1 amide bonds. The van der Waals surface area contributed by atoms with Gasteiger partial charge in [0.05, 0.1) is 4.92 Å². The summed E-state index contributed by atoms with van der Waals surface area (Å²) in [5, 5.41) is 23.4. The van der Waals surface area contributed by atoms with Crippen LogP contribution in [0.3, 0.4) is 0 Å². The highest BCUT2D eigenvalue weighted by molar-refractivity contribution is 5.89. The number of hydrogen-bond acceptors (Lipinski definition) is 5. The predicted octanol–water partition coefficient (Wildman–Crippen LogP) is 0.715. The molecule has 2 aromatic heterocycles. The summed E-state index contributed by atoms with van der Waals surface area (Å²) in [4.78, 5) is 21.6. The summed E-state index contributed by atoms with van der Waals surface area (Å²) in [7, 11) is 0. The Balaban J connectivity index is 1.95. The molecule has 0 unspecified atom stereocenters. The van der Waals surface area contributed by atoms with E-state index in [1.54, 1.807) is 6.07 Å². The van der Waals surface area contributed by atoms with Crippen LogP contribution < -0.4 is 5.32 Å². The van der Waals surface area contributed by atoms with Crippen molar-refractivity contribution < 1.29 is 9.72 Å². The molecule has 0 bridgehead atoms. The van der Waals surface area contributed by atoms with Gasteiger partial charge in [-0.3, -0.25) is 24.7 Å². The van der Waals surface area contributed by atoms with Gasteiger partial charge in [0.1, 0.15) is 18.9 Å². The Labute approximate surface area is 107 Å². The number of amides is 1. The average Bonchev–Trinajstić information content (AvgIpc) is 2.98. The standard InChI is InChI=1S/C10H12N6O3/c1-2-7-3-9(14-13-7)12-10(17)6-15-5-8(4-11-15)16(18)19/h3-5H,2,6H2,1H3,(H2,12,13,14,17). The fourth-order valence-electron chi connectivity index (χ4n) is 1.47. The highest BCUT2D eigenvalue weighted by Crippen LogP contribution is 2.09. The van der Waals surface area contributed by atoms with Crippen LogP contribution in [0.5, 0.6) is 0 Å². The minimum absolute atomic E-state index is 0.109. The lowest BCUT2D eigenvalue weighted by Crippen LogP contribution is -2.19. The number of anilines is 1. The van der Waals surface area contributed by atoms with E-state index >= 15 is 0 Å². The van der Waals surface area contributed by atoms with E-state index in [-0.39, 0.29) is 18.1 Å². The molecule has 9 heteroatoms. The Bertz CT molecular complexity index is 602. The molecule has 2 aromatic rings. The van der Waals surface area contributed by atoms with E-state index in [0.29, 0.717) is 5.82 Å². The Kier molecular flexibility index (Phi) is 3.55. The van der Waals surface area contributed by atoms with Crippen molar-refractivity contribution in [2.24, 2.45) is 0 Å². The first-order valence-corrected chi connectivity index (χ1v) is 5.59. The molecular formula is C10H12N6O3. The Hall–Kier alpha value is -2.71. The van der Waals surface area contributed by atoms with E-state index < -0.39 is 4.92 Å². The van der Waals surface area contributed by atoms with Crippen LogP contribution in [-0.4, -0.2) is 30.8 Å². The van der Waals surface area contributed by atoms with Crippen molar-refractivity contribution in [1.29, 1.82) is 0 Å². The van der Waals surface area contributed by atoms with Crippen molar-refractivity contribution in [2.75, 3.05) is 5.32 Å². The van der Waals surface area contributed by atoms with Gasteiger partial charge in [-0.1, -0.05) is 6.92 Å². The lowest BCUT2D eigenvalue weighted by molar-refractivity contribution is -0.385. The predicted molar refractivity (Wildman–Crippen MR) is 65.5 cm³/mol. The molecule has 0 saturated heterocycles. The quantitative estimate of drug-likeness (QED) is 0.609. The number of aryl methyl sites for hydroxylation is 1. The number of nitrogens with one attached hydrogen (secondary N) is 2. The minimum atomic E-state index is -0.567. The minimum Gasteiger partial charge on any atom is -0.308 e. The molecule has 2 heterocycles. The highest BCUT2D eigenvalue weighted by atomic mass is 16.6. The van der Waals surface area contributed by atoms with E-state index in [4.69, 9.17) is 0 Å². The van der Waals surface area contributed by atoms with Gasteiger partial charge >= 0.3 is 5.69 Å². The molecule has 0 aliphatic carbocycles. The number of hydrogen-bond donors (Lipinski definition) is 2. The summed E-state index contributed by atoms with van der Waals surface area (Å²) in [6.07, 6.45) is 3.08. The van der Waals surface area contributed by atoms with E-state index in [9.17, 15) is 14.9 Å². The van der Waals surface area contributed by atoms with Crippen molar-refractivity contribution in [3.63, 3.8) is 0 Å². The summed E-state index contributed by atoms with van der Waals surface area (Å²) >= 11 is 0. The van der Waals surface area contributed by atoms with E-state index in [1.807, 2.05) is 6.92 Å². The smallest absolute Gasteiger partial charge is 0.307 e. The maximum Gasteiger partial charge on any atom is 0.307 e. The number of nitro groups is 1. The largest absolute Gasteiger partial charge is 0.308 e. The molecule has 0 saturated carbocycles. The van der Waals surface area contributed by atoms with E-state index in [1.165, 1.54) is 10.9 Å². The van der Waals surface area contributed by atoms with Crippen LogP contribution in [0.2, 0.25) is 0 Å². The molecular weight excluding hydrogens is 252 g/mol. The first-order chi connectivity index (χ1) is 9.08. The summed E-state index contributed by atoms with van der Waals surface area (Å²) < 4.78 is 1.20. The van der Waals surface area contributed by atoms with Gasteiger partial charge in [0.25, 0.3) is 0 Å². The first kappa shape index (κ1) is 12.7. The SMILES string of the molecule is CCc1cc(NC(=O)Cn2cc([N+](=O)[O-])cn2)n[nH]1. The van der Waals surface area contributed by atoms with Crippen molar-refractivity contribution >= 4 is 17.4 Å². The van der Waals surface area contributed by atoms with Crippen molar-refractivity contribution in [2.45, 2.75) is 19.9 Å². The van der Waals surface area contributed by atoms with Crippen LogP contribution in [0.4, 0.5) is 11.5 Å². The van der Waals surface area contributed by atoms with Gasteiger partial charge in [-0.15, -0.1) is 0 Å². The van der Waals surface area contributed by atoms with Gasteiger partial charge in [-0.25, -0.2) is 0 Å². The average molecular weight is 264 g/mol. The van der Waals surface area contributed by atoms with E-state index in [2.05, 4.69) is 20.6 Å². The molecule has 0 spiro atoms. The number of aromatic nitrogens is 4. The number of nitrogens with zero attached hydrogens (tertiary/aromatic N) is 4. The number of carbonyl (C=O) groups excluding carboxylic acids is 1. The molecule has 0 aliphatic heterocycles. The molecule has 100 valence electrons. The molecule has 0 aromatic carbocycles. The Morgan fingerprint density at radius 1 is 1.63 bits per heavy atom. The zero-order valence-corrected chi connectivity index (χ0v) is 10.2.